The van der Waals surface area contributed by atoms with Crippen LogP contribution in [-0.2, 0) is 16.0 Å². The van der Waals surface area contributed by atoms with Gasteiger partial charge >= 0.3 is 0 Å². The third kappa shape index (κ3) is 4.12. The minimum absolute atomic E-state index is 0.165. The van der Waals surface area contributed by atoms with Crippen LogP contribution in [-0.4, -0.2) is 42.1 Å². The Hall–Kier alpha value is -1.39. The van der Waals surface area contributed by atoms with E-state index < -0.39 is 5.54 Å². The number of carbonyl (C=O) groups excluding carboxylic acids is 1. The summed E-state index contributed by atoms with van der Waals surface area (Å²) in [5.74, 6) is 0.165. The summed E-state index contributed by atoms with van der Waals surface area (Å²) in [6, 6.07) is 10.4. The Morgan fingerprint density at radius 2 is 1.83 bits per heavy atom. The smallest absolute Gasteiger partial charge is 0.242 e. The van der Waals surface area contributed by atoms with Crippen LogP contribution < -0.4 is 5.73 Å². The molecule has 1 aliphatic carbocycles. The van der Waals surface area contributed by atoms with E-state index in [1.54, 1.807) is 0 Å². The summed E-state index contributed by atoms with van der Waals surface area (Å²) in [5, 5.41) is 0. The number of amides is 1. The van der Waals surface area contributed by atoms with E-state index in [2.05, 4.69) is 24.3 Å². The number of piperidine rings is 1. The lowest BCUT2D eigenvalue weighted by Crippen LogP contribution is -2.55. The van der Waals surface area contributed by atoms with Crippen molar-refractivity contribution in [1.29, 1.82) is 0 Å². The number of benzene rings is 1. The molecule has 0 radical (unpaired) electrons. The van der Waals surface area contributed by atoms with Gasteiger partial charge in [0.1, 0.15) is 0 Å². The number of rotatable bonds is 5. The highest BCUT2D eigenvalue weighted by atomic mass is 16.5. The van der Waals surface area contributed by atoms with Crippen LogP contribution >= 0.6 is 0 Å². The molecule has 0 bridgehead atoms. The maximum absolute atomic E-state index is 12.6. The van der Waals surface area contributed by atoms with Gasteiger partial charge < -0.3 is 15.4 Å². The van der Waals surface area contributed by atoms with E-state index >= 15 is 0 Å². The molecule has 0 aromatic heterocycles. The maximum atomic E-state index is 12.6. The Kier molecular flexibility index (Phi) is 5.34. The minimum Gasteiger partial charge on any atom is -0.378 e. The van der Waals surface area contributed by atoms with Gasteiger partial charge in [-0.1, -0.05) is 43.2 Å². The van der Waals surface area contributed by atoms with Gasteiger partial charge in [0.25, 0.3) is 0 Å². The highest BCUT2D eigenvalue weighted by Crippen LogP contribution is 2.30. The first kappa shape index (κ1) is 16.5. The molecular formula is C19H28N2O2. The van der Waals surface area contributed by atoms with Gasteiger partial charge in [0, 0.05) is 13.1 Å². The molecule has 1 aromatic carbocycles. The van der Waals surface area contributed by atoms with Gasteiger partial charge in [-0.3, -0.25) is 4.79 Å². The number of nitrogens with two attached hydrogens (primary N) is 1. The Bertz CT molecular complexity index is 503. The zero-order valence-corrected chi connectivity index (χ0v) is 13.9. The molecule has 0 unspecified atom stereocenters. The summed E-state index contributed by atoms with van der Waals surface area (Å²) in [7, 11) is 0. The molecule has 1 aliphatic heterocycles. The molecule has 1 aromatic rings. The van der Waals surface area contributed by atoms with Crippen LogP contribution in [0.1, 0.15) is 44.1 Å². The third-order valence-electron chi connectivity index (χ3n) is 5.24. The van der Waals surface area contributed by atoms with Crippen LogP contribution in [0, 0.1) is 0 Å². The number of hydrogen-bond donors (Lipinski definition) is 1. The van der Waals surface area contributed by atoms with Crippen molar-refractivity contribution in [3.8, 4) is 0 Å². The standard InChI is InChI=1S/C19H28N2O2/c20-19(11-4-5-12-19)18(22)21-13-8-17(9-14-21)23-15-10-16-6-2-1-3-7-16/h1-3,6-7,17H,4-5,8-15,20H2. The van der Waals surface area contributed by atoms with Crippen LogP contribution in [0.25, 0.3) is 0 Å². The second-order valence-corrected chi connectivity index (χ2v) is 6.96. The number of hydrogen-bond acceptors (Lipinski definition) is 3. The first-order chi connectivity index (χ1) is 11.2. The predicted octanol–water partition coefficient (Wildman–Crippen LogP) is 2.51. The summed E-state index contributed by atoms with van der Waals surface area (Å²) >= 11 is 0. The Balaban J connectivity index is 1.39. The molecule has 2 N–H and O–H groups in total. The third-order valence-corrected chi connectivity index (χ3v) is 5.24. The number of nitrogens with zero attached hydrogens (tertiary/aromatic N) is 1. The van der Waals surface area contributed by atoms with E-state index in [0.717, 1.165) is 64.6 Å². The summed E-state index contributed by atoms with van der Waals surface area (Å²) in [5.41, 5.74) is 7.02. The first-order valence-corrected chi connectivity index (χ1v) is 8.91. The lowest BCUT2D eigenvalue weighted by atomic mass is 9.95. The molecule has 1 amide bonds. The topological polar surface area (TPSA) is 55.6 Å². The van der Waals surface area contributed by atoms with Gasteiger partial charge in [-0.05, 0) is 37.7 Å². The van der Waals surface area contributed by atoms with Crippen LogP contribution in [0.2, 0.25) is 0 Å². The molecule has 1 heterocycles. The van der Waals surface area contributed by atoms with Gasteiger partial charge in [-0.25, -0.2) is 0 Å². The van der Waals surface area contributed by atoms with Crippen molar-refractivity contribution in [2.75, 3.05) is 19.7 Å². The van der Waals surface area contributed by atoms with Gasteiger partial charge in [-0.2, -0.15) is 0 Å². The van der Waals surface area contributed by atoms with Crippen LogP contribution in [0.15, 0.2) is 30.3 Å². The summed E-state index contributed by atoms with van der Waals surface area (Å²) in [4.78, 5) is 14.5. The lowest BCUT2D eigenvalue weighted by Gasteiger charge is -2.36. The van der Waals surface area contributed by atoms with Gasteiger partial charge in [-0.15, -0.1) is 0 Å². The molecule has 0 atom stereocenters. The average molecular weight is 316 g/mol. The van der Waals surface area contributed by atoms with Crippen LogP contribution in [0.3, 0.4) is 0 Å². The van der Waals surface area contributed by atoms with E-state index in [-0.39, 0.29) is 12.0 Å². The maximum Gasteiger partial charge on any atom is 0.242 e. The Labute approximate surface area is 139 Å². The molecule has 0 spiro atoms. The normalized spacial score (nSPS) is 21.5. The highest BCUT2D eigenvalue weighted by molar-refractivity contribution is 5.86. The SMILES string of the molecule is NC1(C(=O)N2CCC(OCCc3ccccc3)CC2)CCCC1. The van der Waals surface area contributed by atoms with Gasteiger partial charge in [0.05, 0.1) is 18.2 Å². The molecule has 2 fully saturated rings. The van der Waals surface area contributed by atoms with Crippen LogP contribution in [0.4, 0.5) is 0 Å². The fraction of sp³-hybridized carbons (Fsp3) is 0.632. The number of carbonyl (C=O) groups is 1. The fourth-order valence-electron chi connectivity index (χ4n) is 3.75. The summed E-state index contributed by atoms with van der Waals surface area (Å²) in [6.45, 7) is 2.32. The van der Waals surface area contributed by atoms with E-state index in [0.29, 0.717) is 0 Å². The van der Waals surface area contributed by atoms with E-state index in [4.69, 9.17) is 10.5 Å². The van der Waals surface area contributed by atoms with E-state index in [9.17, 15) is 4.79 Å². The average Bonchev–Trinajstić information content (AvgIpc) is 3.04. The monoisotopic (exact) mass is 316 g/mol. The molecule has 126 valence electrons. The van der Waals surface area contributed by atoms with Crippen molar-refractivity contribution < 1.29 is 9.53 Å². The molecule has 4 heteroatoms. The quantitative estimate of drug-likeness (QED) is 0.908. The molecule has 3 rings (SSSR count). The largest absolute Gasteiger partial charge is 0.378 e. The molecule has 2 aliphatic rings. The van der Waals surface area contributed by atoms with Crippen molar-refractivity contribution in [2.45, 2.75) is 56.6 Å². The molecule has 4 nitrogen and oxygen atoms in total. The fourth-order valence-corrected chi connectivity index (χ4v) is 3.75. The number of likely N-dealkylation sites (tertiary alicyclic amines) is 1. The zero-order chi connectivity index (χ0) is 16.1. The van der Waals surface area contributed by atoms with Crippen molar-refractivity contribution in [2.24, 2.45) is 5.73 Å². The van der Waals surface area contributed by atoms with Crippen LogP contribution in [0.5, 0.6) is 0 Å². The second kappa shape index (κ2) is 7.45. The number of ether oxygens (including phenoxy) is 1. The van der Waals surface area contributed by atoms with Crippen molar-refractivity contribution >= 4 is 5.91 Å². The minimum atomic E-state index is -0.582. The van der Waals surface area contributed by atoms with Crippen molar-refractivity contribution in [3.05, 3.63) is 35.9 Å². The van der Waals surface area contributed by atoms with Crippen molar-refractivity contribution in [3.63, 3.8) is 0 Å². The van der Waals surface area contributed by atoms with E-state index in [1.807, 2.05) is 11.0 Å². The van der Waals surface area contributed by atoms with Gasteiger partial charge in [0.2, 0.25) is 5.91 Å². The Morgan fingerprint density at radius 3 is 2.48 bits per heavy atom. The van der Waals surface area contributed by atoms with Gasteiger partial charge in [0.15, 0.2) is 0 Å². The van der Waals surface area contributed by atoms with Crippen molar-refractivity contribution in [1.82, 2.24) is 4.90 Å². The Morgan fingerprint density at radius 1 is 1.17 bits per heavy atom. The van der Waals surface area contributed by atoms with E-state index in [1.165, 1.54) is 5.56 Å². The molecular weight excluding hydrogens is 288 g/mol. The summed E-state index contributed by atoms with van der Waals surface area (Å²) < 4.78 is 6.00. The predicted molar refractivity (Wildman–Crippen MR) is 91.1 cm³/mol. The summed E-state index contributed by atoms with van der Waals surface area (Å²) in [6.07, 6.45) is 6.94. The molecule has 23 heavy (non-hydrogen) atoms. The highest BCUT2D eigenvalue weighted by Gasteiger charge is 2.40. The molecule has 1 saturated carbocycles. The lowest BCUT2D eigenvalue weighted by molar-refractivity contribution is -0.139. The zero-order valence-electron chi connectivity index (χ0n) is 13.9. The molecule has 1 saturated heterocycles. The first-order valence-electron chi connectivity index (χ1n) is 8.91. The second-order valence-electron chi connectivity index (χ2n) is 6.96.